The lowest BCUT2D eigenvalue weighted by atomic mass is 10.0. The van der Waals surface area contributed by atoms with E-state index in [-0.39, 0.29) is 5.66 Å². The minimum absolute atomic E-state index is 0.296. The van der Waals surface area contributed by atoms with E-state index in [0.29, 0.717) is 4.48 Å². The van der Waals surface area contributed by atoms with Crippen molar-refractivity contribution in [1.82, 2.24) is 14.5 Å². The molecule has 1 aliphatic heterocycles. The maximum atomic E-state index is 5.06. The molecule has 0 N–H and O–H groups in total. The number of aryl methyl sites for hydroxylation is 3. The highest BCUT2D eigenvalue weighted by molar-refractivity contribution is 5.82. The van der Waals surface area contributed by atoms with Crippen LogP contribution in [0.3, 0.4) is 0 Å². The summed E-state index contributed by atoms with van der Waals surface area (Å²) in [5.41, 5.74) is 5.31. The second-order valence-electron chi connectivity index (χ2n) is 8.00. The summed E-state index contributed by atoms with van der Waals surface area (Å²) in [5.74, 6) is 1.95. The van der Waals surface area contributed by atoms with E-state index in [1.54, 1.807) is 0 Å². The van der Waals surface area contributed by atoms with Crippen LogP contribution in [0.5, 0.6) is 0 Å². The molecule has 4 rings (SSSR count). The highest BCUT2D eigenvalue weighted by Crippen LogP contribution is 2.55. The molecular formula is C23H27N4+. The molecule has 2 heterocycles. The zero-order valence-electron chi connectivity index (χ0n) is 17.0. The van der Waals surface area contributed by atoms with E-state index in [9.17, 15) is 0 Å². The number of hydrogen-bond donors (Lipinski definition) is 0. The van der Waals surface area contributed by atoms with Crippen LogP contribution >= 0.6 is 0 Å². The van der Waals surface area contributed by atoms with Crippen LogP contribution < -0.4 is 9.38 Å². The van der Waals surface area contributed by atoms with E-state index in [2.05, 4.69) is 87.3 Å². The number of rotatable bonds is 2. The maximum Gasteiger partial charge on any atom is 0.278 e. The van der Waals surface area contributed by atoms with E-state index in [0.717, 1.165) is 28.7 Å². The number of para-hydroxylation sites is 2. The molecule has 0 saturated carbocycles. The van der Waals surface area contributed by atoms with Crippen LogP contribution in [-0.2, 0) is 0 Å². The SMILES string of the molecule is Cc1ccccc1[N+]1(C)c2nc(C)c(C)nc2N(c2ccccc2)C1(C)C. The van der Waals surface area contributed by atoms with Gasteiger partial charge in [-0.3, -0.25) is 4.90 Å². The van der Waals surface area contributed by atoms with Crippen LogP contribution in [0.2, 0.25) is 0 Å². The largest absolute Gasteiger partial charge is 0.278 e. The first-order valence-electron chi connectivity index (χ1n) is 9.42. The van der Waals surface area contributed by atoms with Crippen molar-refractivity contribution < 1.29 is 0 Å². The second kappa shape index (κ2) is 5.89. The Hall–Kier alpha value is -2.72. The highest BCUT2D eigenvalue weighted by Gasteiger charge is 2.59. The molecule has 0 bridgehead atoms. The van der Waals surface area contributed by atoms with E-state index < -0.39 is 0 Å². The van der Waals surface area contributed by atoms with Gasteiger partial charge in [-0.1, -0.05) is 36.4 Å². The fraction of sp³-hybridized carbons (Fsp3) is 0.304. The lowest BCUT2D eigenvalue weighted by molar-refractivity contribution is 0.258. The van der Waals surface area contributed by atoms with Crippen molar-refractivity contribution in [3.05, 3.63) is 71.5 Å². The zero-order valence-corrected chi connectivity index (χ0v) is 17.0. The Kier molecular flexibility index (Phi) is 3.86. The van der Waals surface area contributed by atoms with Gasteiger partial charge in [0.05, 0.1) is 18.4 Å². The molecule has 0 amide bonds. The fourth-order valence-electron chi connectivity index (χ4n) is 4.24. The first-order valence-corrected chi connectivity index (χ1v) is 9.42. The molecule has 1 aromatic heterocycles. The van der Waals surface area contributed by atoms with Gasteiger partial charge in [-0.25, -0.2) is 9.47 Å². The Labute approximate surface area is 161 Å². The molecule has 0 fully saturated rings. The summed E-state index contributed by atoms with van der Waals surface area (Å²) in [6, 6.07) is 19.1. The molecule has 1 aliphatic rings. The molecule has 138 valence electrons. The molecular weight excluding hydrogens is 332 g/mol. The molecule has 0 spiro atoms. The summed E-state index contributed by atoms with van der Waals surface area (Å²) in [6.45, 7) is 10.8. The smallest absolute Gasteiger partial charge is 0.266 e. The second-order valence-corrected chi connectivity index (χ2v) is 8.00. The van der Waals surface area contributed by atoms with Crippen molar-refractivity contribution >= 4 is 23.0 Å². The van der Waals surface area contributed by atoms with Gasteiger partial charge in [0, 0.05) is 25.1 Å². The van der Waals surface area contributed by atoms with Gasteiger partial charge in [-0.05, 0) is 39.0 Å². The molecule has 3 aromatic rings. The van der Waals surface area contributed by atoms with Crippen molar-refractivity contribution in [2.24, 2.45) is 0 Å². The van der Waals surface area contributed by atoms with Gasteiger partial charge in [0.1, 0.15) is 5.69 Å². The third-order valence-corrected chi connectivity index (χ3v) is 6.16. The lowest BCUT2D eigenvalue weighted by Crippen LogP contribution is -2.60. The van der Waals surface area contributed by atoms with Crippen LogP contribution in [0, 0.1) is 20.8 Å². The number of nitrogens with zero attached hydrogens (tertiary/aromatic N) is 4. The van der Waals surface area contributed by atoms with Crippen LogP contribution in [0.25, 0.3) is 0 Å². The lowest BCUT2D eigenvalue weighted by Gasteiger charge is -2.44. The quantitative estimate of drug-likeness (QED) is 0.561. The van der Waals surface area contributed by atoms with Gasteiger partial charge in [0.2, 0.25) is 5.82 Å². The monoisotopic (exact) mass is 359 g/mol. The van der Waals surface area contributed by atoms with Gasteiger partial charge in [0.25, 0.3) is 5.82 Å². The Morgan fingerprint density at radius 2 is 1.41 bits per heavy atom. The van der Waals surface area contributed by atoms with Crippen LogP contribution in [-0.4, -0.2) is 22.7 Å². The summed E-state index contributed by atoms with van der Waals surface area (Å²) >= 11 is 0. The van der Waals surface area contributed by atoms with Gasteiger partial charge in [-0.15, -0.1) is 0 Å². The number of benzene rings is 2. The van der Waals surface area contributed by atoms with Gasteiger partial charge in [-0.2, -0.15) is 4.98 Å². The molecule has 0 aliphatic carbocycles. The molecule has 0 radical (unpaired) electrons. The van der Waals surface area contributed by atoms with E-state index in [4.69, 9.17) is 9.97 Å². The van der Waals surface area contributed by atoms with E-state index >= 15 is 0 Å². The van der Waals surface area contributed by atoms with Crippen LogP contribution in [0.4, 0.5) is 23.0 Å². The van der Waals surface area contributed by atoms with Crippen molar-refractivity contribution in [1.29, 1.82) is 0 Å². The number of fused-ring (bicyclic) bond motifs is 1. The number of aromatic nitrogens is 2. The van der Waals surface area contributed by atoms with Crippen molar-refractivity contribution in [3.8, 4) is 0 Å². The van der Waals surface area contributed by atoms with Crippen LogP contribution in [0.15, 0.2) is 54.6 Å². The van der Waals surface area contributed by atoms with Crippen molar-refractivity contribution in [2.45, 2.75) is 40.3 Å². The average molecular weight is 359 g/mol. The summed E-state index contributed by atoms with van der Waals surface area (Å²) in [5, 5.41) is 0. The molecule has 1 unspecified atom stereocenters. The summed E-state index contributed by atoms with van der Waals surface area (Å²) < 4.78 is 0.581. The van der Waals surface area contributed by atoms with Gasteiger partial charge in [0.15, 0.2) is 5.66 Å². The fourth-order valence-corrected chi connectivity index (χ4v) is 4.24. The molecule has 0 saturated heterocycles. The Morgan fingerprint density at radius 1 is 0.815 bits per heavy atom. The molecule has 27 heavy (non-hydrogen) atoms. The number of hydrogen-bond acceptors (Lipinski definition) is 3. The Bertz CT molecular complexity index is 1010. The minimum Gasteiger partial charge on any atom is -0.266 e. The normalized spacial score (nSPS) is 20.6. The molecule has 4 nitrogen and oxygen atoms in total. The van der Waals surface area contributed by atoms with Crippen molar-refractivity contribution in [3.63, 3.8) is 0 Å². The highest BCUT2D eigenvalue weighted by atomic mass is 15.6. The summed E-state index contributed by atoms with van der Waals surface area (Å²) in [7, 11) is 2.26. The average Bonchev–Trinajstić information content (AvgIpc) is 2.81. The van der Waals surface area contributed by atoms with E-state index in [1.165, 1.54) is 11.3 Å². The summed E-state index contributed by atoms with van der Waals surface area (Å²) in [6.07, 6.45) is 0. The van der Waals surface area contributed by atoms with Gasteiger partial charge < -0.3 is 0 Å². The first-order chi connectivity index (χ1) is 12.8. The first kappa shape index (κ1) is 17.7. The summed E-state index contributed by atoms with van der Waals surface area (Å²) in [4.78, 5) is 12.4. The molecule has 4 heteroatoms. The maximum absolute atomic E-state index is 5.06. The predicted octanol–water partition coefficient (Wildman–Crippen LogP) is 5.56. The standard InChI is InChI=1S/C23H27N4/c1-16-12-10-11-15-20(16)27(6)22-21(24-17(2)18(3)25-22)26(23(27,4)5)19-13-8-7-9-14-19/h7-15H,1-6H3/q+1. The Morgan fingerprint density at radius 3 is 2.07 bits per heavy atom. The Balaban J connectivity index is 2.08. The van der Waals surface area contributed by atoms with E-state index in [1.807, 2.05) is 13.8 Å². The topological polar surface area (TPSA) is 29.0 Å². The third-order valence-electron chi connectivity index (χ3n) is 6.16. The molecule has 1 atom stereocenters. The van der Waals surface area contributed by atoms with Crippen molar-refractivity contribution in [2.75, 3.05) is 11.9 Å². The zero-order chi connectivity index (χ0) is 19.4. The van der Waals surface area contributed by atoms with Crippen LogP contribution in [0.1, 0.15) is 30.8 Å². The number of anilines is 2. The third kappa shape index (κ3) is 2.33. The molecule has 2 aromatic carbocycles. The van der Waals surface area contributed by atoms with Gasteiger partial charge >= 0.3 is 0 Å². The number of quaternary nitrogens is 1. The predicted molar refractivity (Wildman–Crippen MR) is 113 cm³/mol. The minimum atomic E-state index is -0.296.